The second kappa shape index (κ2) is 7.65. The average Bonchev–Trinajstić information content (AvgIpc) is 3.32. The fourth-order valence-corrected chi connectivity index (χ4v) is 4.46. The van der Waals surface area contributed by atoms with Crippen molar-refractivity contribution >= 4 is 11.7 Å². The quantitative estimate of drug-likeness (QED) is 0.901. The fraction of sp³-hybridized carbons (Fsp3) is 0.650. The van der Waals surface area contributed by atoms with Gasteiger partial charge in [0.15, 0.2) is 0 Å². The molecule has 2 aliphatic heterocycles. The van der Waals surface area contributed by atoms with E-state index in [0.717, 1.165) is 56.4 Å². The molecule has 2 amide bonds. The van der Waals surface area contributed by atoms with E-state index in [1.807, 2.05) is 24.3 Å². The average molecular weight is 344 g/mol. The first-order chi connectivity index (χ1) is 12.3. The summed E-state index contributed by atoms with van der Waals surface area (Å²) in [5.41, 5.74) is 0.835. The van der Waals surface area contributed by atoms with Gasteiger partial charge in [0.25, 0.3) is 0 Å². The summed E-state index contributed by atoms with van der Waals surface area (Å²) in [6.45, 7) is 3.23. The summed E-state index contributed by atoms with van der Waals surface area (Å²) in [6.07, 6.45) is 7.20. The largest absolute Gasteiger partial charge is 0.493 e. The highest BCUT2D eigenvalue weighted by molar-refractivity contribution is 5.89. The zero-order chi connectivity index (χ0) is 17.1. The van der Waals surface area contributed by atoms with Crippen molar-refractivity contribution in [3.8, 4) is 5.75 Å². The van der Waals surface area contributed by atoms with Gasteiger partial charge in [0.2, 0.25) is 0 Å². The minimum Gasteiger partial charge on any atom is -0.493 e. The lowest BCUT2D eigenvalue weighted by Gasteiger charge is -2.37. The van der Waals surface area contributed by atoms with Crippen LogP contribution >= 0.6 is 0 Å². The van der Waals surface area contributed by atoms with Gasteiger partial charge >= 0.3 is 6.03 Å². The number of piperidine rings is 1. The second-order valence-electron chi connectivity index (χ2n) is 7.59. The molecule has 0 spiro atoms. The van der Waals surface area contributed by atoms with Crippen LogP contribution in [-0.2, 0) is 4.74 Å². The molecule has 1 aromatic rings. The van der Waals surface area contributed by atoms with Crippen molar-refractivity contribution in [2.24, 2.45) is 11.8 Å². The zero-order valence-corrected chi connectivity index (χ0v) is 14.8. The predicted octanol–water partition coefficient (Wildman–Crippen LogP) is 3.90. The van der Waals surface area contributed by atoms with Crippen LogP contribution in [0.3, 0.4) is 0 Å². The molecule has 0 aromatic heterocycles. The van der Waals surface area contributed by atoms with Crippen LogP contribution in [0, 0.1) is 11.8 Å². The highest BCUT2D eigenvalue weighted by Crippen LogP contribution is 2.37. The van der Waals surface area contributed by atoms with Crippen molar-refractivity contribution in [3.63, 3.8) is 0 Å². The molecule has 2 heterocycles. The Morgan fingerprint density at radius 2 is 2.00 bits per heavy atom. The van der Waals surface area contributed by atoms with Gasteiger partial charge in [0, 0.05) is 30.8 Å². The second-order valence-corrected chi connectivity index (χ2v) is 7.59. The van der Waals surface area contributed by atoms with Crippen LogP contribution in [0.4, 0.5) is 10.5 Å². The summed E-state index contributed by atoms with van der Waals surface area (Å²) in [7, 11) is 0. The molecular weight excluding hydrogens is 316 g/mol. The summed E-state index contributed by atoms with van der Waals surface area (Å²) in [6, 6.07) is 8.21. The number of fused-ring (bicyclic) bond motifs is 1. The standard InChI is InChI=1S/C20H28N2O3/c23-20(22-11-2-4-16-3-1-5-19(16)22)21-17-6-8-18(9-7-17)25-14-15-10-12-24-13-15/h6-9,15-16,19H,1-5,10-14H2,(H,21,23)/t15-,16+,19+/m1/s1. The molecule has 136 valence electrons. The van der Waals surface area contributed by atoms with Crippen LogP contribution in [0.1, 0.15) is 38.5 Å². The normalized spacial score (nSPS) is 28.6. The third-order valence-corrected chi connectivity index (χ3v) is 5.87. The van der Waals surface area contributed by atoms with E-state index in [-0.39, 0.29) is 6.03 Å². The Hall–Kier alpha value is -1.75. The van der Waals surface area contributed by atoms with Gasteiger partial charge < -0.3 is 19.7 Å². The maximum absolute atomic E-state index is 12.7. The molecule has 0 unspecified atom stereocenters. The van der Waals surface area contributed by atoms with E-state index in [4.69, 9.17) is 9.47 Å². The van der Waals surface area contributed by atoms with Gasteiger partial charge in [-0.1, -0.05) is 6.42 Å². The topological polar surface area (TPSA) is 50.8 Å². The summed E-state index contributed by atoms with van der Waals surface area (Å²) >= 11 is 0. The van der Waals surface area contributed by atoms with E-state index >= 15 is 0 Å². The van der Waals surface area contributed by atoms with Crippen LogP contribution in [0.15, 0.2) is 24.3 Å². The number of likely N-dealkylation sites (tertiary alicyclic amines) is 1. The molecule has 1 N–H and O–H groups in total. The van der Waals surface area contributed by atoms with E-state index in [1.54, 1.807) is 0 Å². The Kier molecular flexibility index (Phi) is 5.11. The number of nitrogens with zero attached hydrogens (tertiary/aromatic N) is 1. The van der Waals surface area contributed by atoms with Crippen molar-refractivity contribution in [1.82, 2.24) is 4.90 Å². The third kappa shape index (κ3) is 3.92. The maximum Gasteiger partial charge on any atom is 0.322 e. The molecule has 0 bridgehead atoms. The number of anilines is 1. The lowest BCUT2D eigenvalue weighted by Crippen LogP contribution is -2.48. The lowest BCUT2D eigenvalue weighted by molar-refractivity contribution is 0.138. The van der Waals surface area contributed by atoms with Crippen molar-refractivity contribution in [2.75, 3.05) is 31.7 Å². The van der Waals surface area contributed by atoms with E-state index in [0.29, 0.717) is 18.6 Å². The first-order valence-electron chi connectivity index (χ1n) is 9.68. The summed E-state index contributed by atoms with van der Waals surface area (Å²) < 4.78 is 11.2. The molecule has 5 nitrogen and oxygen atoms in total. The Morgan fingerprint density at radius 3 is 2.80 bits per heavy atom. The van der Waals surface area contributed by atoms with Gasteiger partial charge in [0.1, 0.15) is 5.75 Å². The van der Waals surface area contributed by atoms with Crippen LogP contribution < -0.4 is 10.1 Å². The number of hydrogen-bond acceptors (Lipinski definition) is 3. The van der Waals surface area contributed by atoms with Gasteiger partial charge in [-0.15, -0.1) is 0 Å². The lowest BCUT2D eigenvalue weighted by atomic mass is 9.92. The minimum absolute atomic E-state index is 0.0494. The molecule has 25 heavy (non-hydrogen) atoms. The van der Waals surface area contributed by atoms with Crippen molar-refractivity contribution in [1.29, 1.82) is 0 Å². The SMILES string of the molecule is O=C(Nc1ccc(OC[C@@H]2CCOC2)cc1)N1CCC[C@@H]2CCC[C@@H]21. The number of urea groups is 1. The number of hydrogen-bond donors (Lipinski definition) is 1. The number of benzene rings is 1. The molecule has 2 saturated heterocycles. The van der Waals surface area contributed by atoms with Gasteiger partial charge in [-0.3, -0.25) is 0 Å². The minimum atomic E-state index is 0.0494. The van der Waals surface area contributed by atoms with Crippen LogP contribution in [0.25, 0.3) is 0 Å². The molecule has 3 aliphatic rings. The molecule has 5 heteroatoms. The summed E-state index contributed by atoms with van der Waals surface area (Å²) in [4.78, 5) is 14.7. The smallest absolute Gasteiger partial charge is 0.322 e. The number of carbonyl (C=O) groups excluding carboxylic acids is 1. The molecule has 1 aliphatic carbocycles. The van der Waals surface area contributed by atoms with Crippen molar-refractivity contribution in [3.05, 3.63) is 24.3 Å². The highest BCUT2D eigenvalue weighted by atomic mass is 16.5. The van der Waals surface area contributed by atoms with E-state index in [2.05, 4.69) is 10.2 Å². The number of ether oxygens (including phenoxy) is 2. The number of amides is 2. The molecule has 3 atom stereocenters. The first-order valence-corrected chi connectivity index (χ1v) is 9.68. The molecule has 0 radical (unpaired) electrons. The Balaban J connectivity index is 1.30. The van der Waals surface area contributed by atoms with Gasteiger partial charge in [-0.25, -0.2) is 4.79 Å². The van der Waals surface area contributed by atoms with E-state index < -0.39 is 0 Å². The van der Waals surface area contributed by atoms with Crippen molar-refractivity contribution < 1.29 is 14.3 Å². The molecule has 3 fully saturated rings. The molecule has 1 aromatic carbocycles. The van der Waals surface area contributed by atoms with Crippen molar-refractivity contribution in [2.45, 2.75) is 44.6 Å². The molecule has 1 saturated carbocycles. The summed E-state index contributed by atoms with van der Waals surface area (Å²) in [5, 5.41) is 3.06. The van der Waals surface area contributed by atoms with Gasteiger partial charge in [0.05, 0.1) is 13.2 Å². The highest BCUT2D eigenvalue weighted by Gasteiger charge is 2.37. The van der Waals surface area contributed by atoms with Crippen LogP contribution in [0.2, 0.25) is 0 Å². The van der Waals surface area contributed by atoms with Gasteiger partial charge in [-0.05, 0) is 62.3 Å². The zero-order valence-electron chi connectivity index (χ0n) is 14.8. The summed E-state index contributed by atoms with van der Waals surface area (Å²) in [5.74, 6) is 2.06. The van der Waals surface area contributed by atoms with Crippen LogP contribution in [-0.4, -0.2) is 43.3 Å². The monoisotopic (exact) mass is 344 g/mol. The number of rotatable bonds is 4. The molecular formula is C20H28N2O3. The maximum atomic E-state index is 12.7. The Labute approximate surface area is 149 Å². The number of carbonyl (C=O) groups is 1. The van der Waals surface area contributed by atoms with Crippen LogP contribution in [0.5, 0.6) is 5.75 Å². The predicted molar refractivity (Wildman–Crippen MR) is 97.0 cm³/mol. The fourth-order valence-electron chi connectivity index (χ4n) is 4.46. The Morgan fingerprint density at radius 1 is 1.16 bits per heavy atom. The first kappa shape index (κ1) is 16.7. The number of nitrogens with one attached hydrogen (secondary N) is 1. The Bertz CT molecular complexity index is 583. The van der Waals surface area contributed by atoms with Gasteiger partial charge in [-0.2, -0.15) is 0 Å². The van der Waals surface area contributed by atoms with E-state index in [1.165, 1.54) is 19.3 Å². The third-order valence-electron chi connectivity index (χ3n) is 5.87. The molecule has 4 rings (SSSR count). The van der Waals surface area contributed by atoms with E-state index in [9.17, 15) is 4.79 Å².